The number of cyclic esters (lactones) is 1. The summed E-state index contributed by atoms with van der Waals surface area (Å²) in [4.78, 5) is 22.6. The van der Waals surface area contributed by atoms with Crippen molar-refractivity contribution in [1.29, 1.82) is 0 Å². The van der Waals surface area contributed by atoms with Crippen LogP contribution in [0.3, 0.4) is 0 Å². The molecule has 98 valence electrons. The smallest absolute Gasteiger partial charge is 0.344 e. The van der Waals surface area contributed by atoms with E-state index < -0.39 is 10.9 Å². The first-order chi connectivity index (χ1) is 9.68. The lowest BCUT2D eigenvalue weighted by Gasteiger charge is -2.02. The molecule has 1 heterocycles. The second-order valence-corrected chi connectivity index (χ2v) is 4.24. The van der Waals surface area contributed by atoms with Gasteiger partial charge in [-0.15, -0.1) is 0 Å². The average molecular weight is 267 g/mol. The average Bonchev–Trinajstić information content (AvgIpc) is 2.78. The van der Waals surface area contributed by atoms with E-state index in [0.29, 0.717) is 16.7 Å². The standard InChI is InChI=1S/C15H9NO4/c17-15-12-9-5-4-8-11(12)14(20-15)13(16(18)19)10-6-2-1-3-7-10/h1-9H/b14-13-. The van der Waals surface area contributed by atoms with Crippen molar-refractivity contribution in [2.75, 3.05) is 0 Å². The van der Waals surface area contributed by atoms with E-state index in [0.717, 1.165) is 0 Å². The van der Waals surface area contributed by atoms with Crippen molar-refractivity contribution in [2.24, 2.45) is 0 Å². The van der Waals surface area contributed by atoms with Gasteiger partial charge in [0.2, 0.25) is 5.76 Å². The molecule has 0 saturated carbocycles. The lowest BCUT2D eigenvalue weighted by Crippen LogP contribution is -2.02. The third-order valence-electron chi connectivity index (χ3n) is 3.03. The first kappa shape index (κ1) is 12.1. The van der Waals surface area contributed by atoms with Crippen molar-refractivity contribution in [3.8, 4) is 0 Å². The number of hydrogen-bond donors (Lipinski definition) is 0. The second kappa shape index (κ2) is 4.62. The fraction of sp³-hybridized carbons (Fsp3) is 0. The fourth-order valence-corrected chi connectivity index (χ4v) is 2.15. The van der Waals surface area contributed by atoms with Crippen LogP contribution in [0.2, 0.25) is 0 Å². The predicted octanol–water partition coefficient (Wildman–Crippen LogP) is 2.96. The van der Waals surface area contributed by atoms with Crippen molar-refractivity contribution >= 4 is 17.4 Å². The van der Waals surface area contributed by atoms with Gasteiger partial charge in [0.25, 0.3) is 0 Å². The van der Waals surface area contributed by atoms with Crippen molar-refractivity contribution < 1.29 is 14.5 Å². The Kier molecular flexibility index (Phi) is 2.80. The molecule has 1 aliphatic rings. The molecule has 1 aliphatic heterocycles. The van der Waals surface area contributed by atoms with Crippen LogP contribution in [0.15, 0.2) is 54.6 Å². The van der Waals surface area contributed by atoms with Gasteiger partial charge in [0.05, 0.1) is 16.1 Å². The van der Waals surface area contributed by atoms with E-state index >= 15 is 0 Å². The van der Waals surface area contributed by atoms with Crippen molar-refractivity contribution in [2.45, 2.75) is 0 Å². The minimum Gasteiger partial charge on any atom is -0.415 e. The minimum absolute atomic E-state index is 0.00167. The Morgan fingerprint density at radius 1 is 0.950 bits per heavy atom. The molecule has 0 radical (unpaired) electrons. The van der Waals surface area contributed by atoms with Gasteiger partial charge in [0.15, 0.2) is 0 Å². The van der Waals surface area contributed by atoms with Crippen molar-refractivity contribution in [3.05, 3.63) is 81.4 Å². The number of nitrogens with zero attached hydrogens (tertiary/aromatic N) is 1. The molecular weight excluding hydrogens is 258 g/mol. The van der Waals surface area contributed by atoms with Crippen LogP contribution in [0, 0.1) is 10.1 Å². The Balaban J connectivity index is 2.27. The van der Waals surface area contributed by atoms with Gasteiger partial charge in [-0.1, -0.05) is 36.4 Å². The third-order valence-corrected chi connectivity index (χ3v) is 3.03. The molecule has 0 aliphatic carbocycles. The van der Waals surface area contributed by atoms with E-state index in [1.54, 1.807) is 54.6 Å². The summed E-state index contributed by atoms with van der Waals surface area (Å²) in [7, 11) is 0. The molecular formula is C15H9NO4. The number of carbonyl (C=O) groups excluding carboxylic acids is 1. The van der Waals surface area contributed by atoms with Crippen LogP contribution in [0.25, 0.3) is 11.5 Å². The van der Waals surface area contributed by atoms with Crippen LogP contribution in [0.4, 0.5) is 0 Å². The molecule has 0 atom stereocenters. The summed E-state index contributed by atoms with van der Waals surface area (Å²) in [5.41, 5.74) is 0.992. The summed E-state index contributed by atoms with van der Waals surface area (Å²) < 4.78 is 5.11. The predicted molar refractivity (Wildman–Crippen MR) is 72.1 cm³/mol. The van der Waals surface area contributed by atoms with Crippen LogP contribution < -0.4 is 0 Å². The highest BCUT2D eigenvalue weighted by Gasteiger charge is 2.34. The topological polar surface area (TPSA) is 69.4 Å². The fourth-order valence-electron chi connectivity index (χ4n) is 2.15. The van der Waals surface area contributed by atoms with Crippen LogP contribution in [0.1, 0.15) is 21.5 Å². The highest BCUT2D eigenvalue weighted by Crippen LogP contribution is 2.35. The van der Waals surface area contributed by atoms with Gasteiger partial charge < -0.3 is 4.74 Å². The molecule has 2 aromatic rings. The first-order valence-electron chi connectivity index (χ1n) is 5.94. The molecule has 0 aromatic heterocycles. The van der Waals surface area contributed by atoms with E-state index in [9.17, 15) is 14.9 Å². The highest BCUT2D eigenvalue weighted by molar-refractivity contribution is 6.06. The summed E-state index contributed by atoms with van der Waals surface area (Å²) in [5, 5.41) is 11.4. The molecule has 5 heteroatoms. The maximum absolute atomic E-state index is 11.8. The van der Waals surface area contributed by atoms with Gasteiger partial charge in [-0.2, -0.15) is 0 Å². The molecule has 20 heavy (non-hydrogen) atoms. The number of ether oxygens (including phenoxy) is 1. The highest BCUT2D eigenvalue weighted by atomic mass is 16.6. The zero-order valence-corrected chi connectivity index (χ0v) is 10.3. The van der Waals surface area contributed by atoms with Crippen LogP contribution in [-0.2, 0) is 4.74 Å². The summed E-state index contributed by atoms with van der Waals surface area (Å²) in [6.07, 6.45) is 0. The largest absolute Gasteiger partial charge is 0.415 e. The number of carbonyl (C=O) groups is 1. The number of nitro groups is 1. The molecule has 0 spiro atoms. The van der Waals surface area contributed by atoms with Gasteiger partial charge in [-0.3, -0.25) is 10.1 Å². The molecule has 2 aromatic carbocycles. The van der Waals surface area contributed by atoms with Crippen LogP contribution in [-0.4, -0.2) is 10.9 Å². The van der Waals surface area contributed by atoms with Gasteiger partial charge in [-0.25, -0.2) is 4.79 Å². The molecule has 0 amide bonds. The van der Waals surface area contributed by atoms with E-state index in [2.05, 4.69) is 0 Å². The zero-order valence-electron chi connectivity index (χ0n) is 10.3. The monoisotopic (exact) mass is 267 g/mol. The Bertz CT molecular complexity index is 735. The van der Waals surface area contributed by atoms with Gasteiger partial charge in [0, 0.05) is 5.56 Å². The summed E-state index contributed by atoms with van der Waals surface area (Å²) in [6.45, 7) is 0. The van der Waals surface area contributed by atoms with Crippen molar-refractivity contribution in [1.82, 2.24) is 0 Å². The summed E-state index contributed by atoms with van der Waals surface area (Å²) >= 11 is 0. The van der Waals surface area contributed by atoms with Crippen LogP contribution in [0.5, 0.6) is 0 Å². The second-order valence-electron chi connectivity index (χ2n) is 4.24. The molecule has 0 N–H and O–H groups in total. The van der Waals surface area contributed by atoms with E-state index in [1.165, 1.54) is 0 Å². The zero-order chi connectivity index (χ0) is 14.1. The van der Waals surface area contributed by atoms with Gasteiger partial charge >= 0.3 is 11.7 Å². The number of fused-ring (bicyclic) bond motifs is 1. The molecule has 3 rings (SSSR count). The molecule has 0 bridgehead atoms. The maximum atomic E-state index is 11.8. The van der Waals surface area contributed by atoms with E-state index in [4.69, 9.17) is 4.74 Å². The Morgan fingerprint density at radius 2 is 1.55 bits per heavy atom. The van der Waals surface area contributed by atoms with Gasteiger partial charge in [0.1, 0.15) is 0 Å². The Labute approximate surface area is 114 Å². The molecule has 0 unspecified atom stereocenters. The van der Waals surface area contributed by atoms with E-state index in [-0.39, 0.29) is 11.5 Å². The van der Waals surface area contributed by atoms with Gasteiger partial charge in [-0.05, 0) is 18.2 Å². The SMILES string of the molecule is O=C1O/C(=C(/c2ccccc2)[N+](=O)[O-])c2ccccc21. The Hall–Kier alpha value is -2.95. The Morgan fingerprint density at radius 3 is 2.20 bits per heavy atom. The lowest BCUT2D eigenvalue weighted by molar-refractivity contribution is -0.375. The number of rotatable bonds is 2. The molecule has 0 saturated heterocycles. The third kappa shape index (κ3) is 1.85. The van der Waals surface area contributed by atoms with E-state index in [1.807, 2.05) is 0 Å². The lowest BCUT2D eigenvalue weighted by atomic mass is 10.0. The van der Waals surface area contributed by atoms with Crippen molar-refractivity contribution in [3.63, 3.8) is 0 Å². The number of hydrogen-bond acceptors (Lipinski definition) is 4. The summed E-state index contributed by atoms with van der Waals surface area (Å²) in [6, 6.07) is 15.0. The quantitative estimate of drug-likeness (QED) is 0.476. The number of benzene rings is 2. The summed E-state index contributed by atoms with van der Waals surface area (Å²) in [5.74, 6) is -0.562. The first-order valence-corrected chi connectivity index (χ1v) is 5.94. The molecule has 5 nitrogen and oxygen atoms in total. The normalized spacial score (nSPS) is 15.5. The number of esters is 1. The van der Waals surface area contributed by atoms with Crippen LogP contribution >= 0.6 is 0 Å². The minimum atomic E-state index is -0.564. The maximum Gasteiger partial charge on any atom is 0.344 e. The molecule has 0 fully saturated rings.